The van der Waals surface area contributed by atoms with Crippen LogP contribution in [0.1, 0.15) is 84.2 Å². The number of nitrogens with one attached hydrogen (secondary N) is 1. The summed E-state index contributed by atoms with van der Waals surface area (Å²) < 4.78 is 16.7. The quantitative estimate of drug-likeness (QED) is 0.456. The third-order valence-corrected chi connectivity index (χ3v) is 9.16. The van der Waals surface area contributed by atoms with Crippen molar-refractivity contribution >= 4 is 29.4 Å². The summed E-state index contributed by atoms with van der Waals surface area (Å²) in [5.74, 6) is -0.921. The van der Waals surface area contributed by atoms with Crippen LogP contribution in [0.4, 0.5) is 0 Å². The second kappa shape index (κ2) is 12.0. The van der Waals surface area contributed by atoms with Crippen molar-refractivity contribution < 1.29 is 33.7 Å². The molecule has 8 atom stereocenters. The van der Waals surface area contributed by atoms with Gasteiger partial charge in [-0.25, -0.2) is 4.98 Å². The summed E-state index contributed by atoms with van der Waals surface area (Å²) in [4.78, 5) is 31.2. The number of ether oxygens (including phenoxy) is 2. The van der Waals surface area contributed by atoms with E-state index < -0.39 is 35.5 Å². The number of nitrogens with zero attached hydrogens (tertiary/aromatic N) is 1. The number of fused-ring (bicyclic) bond motifs is 1. The van der Waals surface area contributed by atoms with Crippen LogP contribution in [0.25, 0.3) is 6.08 Å². The second-order valence-electron chi connectivity index (χ2n) is 12.4. The number of oxazole rings is 1. The van der Waals surface area contributed by atoms with Gasteiger partial charge in [0.25, 0.3) is 0 Å². The van der Waals surface area contributed by atoms with E-state index >= 15 is 0 Å². The Morgan fingerprint density at radius 2 is 1.97 bits per heavy atom. The Hall–Kier alpha value is -1.78. The van der Waals surface area contributed by atoms with Gasteiger partial charge in [-0.1, -0.05) is 38.8 Å². The standard InChI is InChI=1S/C29H43ClN2O7/c1-16-7-6-10-29(5)24(39-29)12-22(21(30)11-18-14-37-17(2)31-18)32-25(34)13-23(33)28(3,4)27(36)20(26(16)35)9-8-19-15-38-19/h11,14,16,19-20,22-24,26,33,35H,6-10,12-13,15H2,1-5H3,(H,32,34). The van der Waals surface area contributed by atoms with E-state index in [1.807, 2.05) is 13.8 Å². The molecule has 10 heteroatoms. The molecule has 218 valence electrons. The lowest BCUT2D eigenvalue weighted by Gasteiger charge is -2.36. The number of ketones is 1. The highest BCUT2D eigenvalue weighted by molar-refractivity contribution is 6.32. The third-order valence-electron chi connectivity index (χ3n) is 8.79. The van der Waals surface area contributed by atoms with Crippen molar-refractivity contribution in [3.05, 3.63) is 22.9 Å². The number of hydrogen-bond acceptors (Lipinski definition) is 8. The Labute approximate surface area is 235 Å². The fourth-order valence-electron chi connectivity index (χ4n) is 5.68. The maximum atomic E-state index is 13.8. The number of Topliss-reactive ketones (excluding diaryl/α,β-unsaturated/α-hetero) is 1. The van der Waals surface area contributed by atoms with E-state index in [0.29, 0.717) is 42.5 Å². The number of rotatable bonds is 5. The molecule has 3 aliphatic heterocycles. The summed E-state index contributed by atoms with van der Waals surface area (Å²) in [5.41, 5.74) is -1.05. The first-order chi connectivity index (χ1) is 18.3. The van der Waals surface area contributed by atoms with Crippen molar-refractivity contribution in [1.82, 2.24) is 10.3 Å². The molecule has 0 saturated carbocycles. The van der Waals surface area contributed by atoms with E-state index in [4.69, 9.17) is 25.5 Å². The summed E-state index contributed by atoms with van der Waals surface area (Å²) in [6, 6.07) is -0.561. The zero-order valence-electron chi connectivity index (χ0n) is 23.6. The summed E-state index contributed by atoms with van der Waals surface area (Å²) in [6.07, 6.45) is 4.76. The van der Waals surface area contributed by atoms with Gasteiger partial charge in [-0.2, -0.15) is 0 Å². The molecule has 3 saturated heterocycles. The van der Waals surface area contributed by atoms with Gasteiger partial charge < -0.3 is 29.4 Å². The lowest BCUT2D eigenvalue weighted by Crippen LogP contribution is -2.48. The van der Waals surface area contributed by atoms with Crippen LogP contribution in [-0.4, -0.2) is 69.6 Å². The van der Waals surface area contributed by atoms with Crippen LogP contribution in [0, 0.1) is 24.2 Å². The van der Waals surface area contributed by atoms with Crippen LogP contribution in [0.2, 0.25) is 0 Å². The Morgan fingerprint density at radius 3 is 2.62 bits per heavy atom. The molecule has 1 amide bonds. The second-order valence-corrected chi connectivity index (χ2v) is 12.8. The molecular weight excluding hydrogens is 524 g/mol. The molecule has 8 unspecified atom stereocenters. The Bertz CT molecular complexity index is 1070. The Balaban J connectivity index is 1.57. The Morgan fingerprint density at radius 1 is 1.26 bits per heavy atom. The Kier molecular flexibility index (Phi) is 9.28. The number of aryl methyl sites for hydroxylation is 1. The highest BCUT2D eigenvalue weighted by Gasteiger charge is 2.53. The smallest absolute Gasteiger partial charge is 0.223 e. The summed E-state index contributed by atoms with van der Waals surface area (Å²) in [7, 11) is 0. The fraction of sp³-hybridized carbons (Fsp3) is 0.759. The number of aliphatic hydroxyl groups is 2. The van der Waals surface area contributed by atoms with Gasteiger partial charge in [0, 0.05) is 24.3 Å². The van der Waals surface area contributed by atoms with Crippen LogP contribution < -0.4 is 5.32 Å². The van der Waals surface area contributed by atoms with E-state index in [0.717, 1.165) is 19.3 Å². The number of carbonyl (C=O) groups is 2. The maximum absolute atomic E-state index is 13.8. The SMILES string of the molecule is Cc1nc(C=C(Cl)C2CC3OC3(C)CCCC(C)C(O)C(CCC3CO3)C(=O)C(C)(C)C(O)CC(=O)N2)co1. The molecule has 0 radical (unpaired) electrons. The normalized spacial score (nSPS) is 38.2. The van der Waals surface area contributed by atoms with Gasteiger partial charge in [-0.3, -0.25) is 9.59 Å². The summed E-state index contributed by atoms with van der Waals surface area (Å²) in [5, 5.41) is 25.7. The van der Waals surface area contributed by atoms with Crippen molar-refractivity contribution in [2.24, 2.45) is 17.3 Å². The van der Waals surface area contributed by atoms with Crippen LogP contribution in [0.3, 0.4) is 0 Å². The summed E-state index contributed by atoms with van der Waals surface area (Å²) in [6.45, 7) is 9.72. The molecule has 1 aromatic rings. The predicted molar refractivity (Wildman–Crippen MR) is 146 cm³/mol. The van der Waals surface area contributed by atoms with E-state index in [1.54, 1.807) is 26.8 Å². The zero-order chi connectivity index (χ0) is 28.5. The van der Waals surface area contributed by atoms with Crippen LogP contribution >= 0.6 is 11.6 Å². The first-order valence-corrected chi connectivity index (χ1v) is 14.5. The molecule has 0 aromatic carbocycles. The monoisotopic (exact) mass is 566 g/mol. The van der Waals surface area contributed by atoms with E-state index in [9.17, 15) is 19.8 Å². The molecule has 4 heterocycles. The molecule has 39 heavy (non-hydrogen) atoms. The van der Waals surface area contributed by atoms with Crippen LogP contribution in [0.5, 0.6) is 0 Å². The van der Waals surface area contributed by atoms with E-state index in [1.165, 1.54) is 6.26 Å². The average molecular weight is 567 g/mol. The predicted octanol–water partition coefficient (Wildman–Crippen LogP) is 3.92. The van der Waals surface area contributed by atoms with Crippen molar-refractivity contribution in [2.75, 3.05) is 6.61 Å². The van der Waals surface area contributed by atoms with Crippen molar-refractivity contribution in [3.63, 3.8) is 0 Å². The molecule has 3 N–H and O–H groups in total. The number of hydrogen-bond donors (Lipinski definition) is 3. The van der Waals surface area contributed by atoms with Gasteiger partial charge >= 0.3 is 0 Å². The van der Waals surface area contributed by atoms with E-state index in [2.05, 4.69) is 10.3 Å². The molecule has 3 fully saturated rings. The van der Waals surface area contributed by atoms with Gasteiger partial charge in [0.15, 0.2) is 5.89 Å². The van der Waals surface area contributed by atoms with Crippen molar-refractivity contribution in [1.29, 1.82) is 0 Å². The van der Waals surface area contributed by atoms with Crippen molar-refractivity contribution in [2.45, 2.75) is 116 Å². The summed E-state index contributed by atoms with van der Waals surface area (Å²) >= 11 is 6.69. The molecule has 4 rings (SSSR count). The third kappa shape index (κ3) is 7.50. The lowest BCUT2D eigenvalue weighted by molar-refractivity contribution is -0.144. The van der Waals surface area contributed by atoms with Gasteiger partial charge in [0.05, 0.1) is 54.5 Å². The van der Waals surface area contributed by atoms with Gasteiger partial charge in [-0.15, -0.1) is 0 Å². The molecular formula is C29H43ClN2O7. The lowest BCUT2D eigenvalue weighted by atomic mass is 9.70. The minimum atomic E-state index is -1.25. The van der Waals surface area contributed by atoms with Gasteiger partial charge in [-0.05, 0) is 44.6 Å². The molecule has 9 nitrogen and oxygen atoms in total. The van der Waals surface area contributed by atoms with Crippen LogP contribution in [-0.2, 0) is 19.1 Å². The number of aliphatic hydroxyl groups excluding tert-OH is 2. The van der Waals surface area contributed by atoms with Gasteiger partial charge in [0.1, 0.15) is 17.7 Å². The first-order valence-electron chi connectivity index (χ1n) is 14.1. The highest BCUT2D eigenvalue weighted by atomic mass is 35.5. The molecule has 3 aliphatic rings. The zero-order valence-corrected chi connectivity index (χ0v) is 24.4. The number of carbonyl (C=O) groups excluding carboxylic acids is 2. The minimum Gasteiger partial charge on any atom is -0.449 e. The number of halogens is 1. The molecule has 0 bridgehead atoms. The molecule has 0 aliphatic carbocycles. The average Bonchev–Trinajstić information content (AvgIpc) is 3.76. The fourth-order valence-corrected chi connectivity index (χ4v) is 5.93. The maximum Gasteiger partial charge on any atom is 0.223 e. The molecule has 0 spiro atoms. The van der Waals surface area contributed by atoms with E-state index in [-0.39, 0.29) is 35.9 Å². The first kappa shape index (κ1) is 30.2. The molecule has 1 aromatic heterocycles. The largest absolute Gasteiger partial charge is 0.449 e. The minimum absolute atomic E-state index is 0.105. The van der Waals surface area contributed by atoms with Crippen molar-refractivity contribution in [3.8, 4) is 0 Å². The highest BCUT2D eigenvalue weighted by Crippen LogP contribution is 2.45. The number of amides is 1. The number of epoxide rings is 2. The topological polar surface area (TPSA) is 138 Å². The van der Waals surface area contributed by atoms with Gasteiger partial charge in [0.2, 0.25) is 5.91 Å². The van der Waals surface area contributed by atoms with Crippen LogP contribution in [0.15, 0.2) is 15.7 Å². The number of aromatic nitrogens is 1.